The van der Waals surface area contributed by atoms with Crippen molar-refractivity contribution in [1.82, 2.24) is 15.1 Å². The summed E-state index contributed by atoms with van der Waals surface area (Å²) in [5.74, 6) is 0.0102. The van der Waals surface area contributed by atoms with E-state index in [4.69, 9.17) is 0 Å². The maximum Gasteiger partial charge on any atom is 0.416 e. The fourth-order valence-corrected chi connectivity index (χ4v) is 2.46. The normalized spacial score (nSPS) is 16.1. The average Bonchev–Trinajstić information content (AvgIpc) is 2.47. The topological polar surface area (TPSA) is 35.6 Å². The molecule has 22 heavy (non-hydrogen) atoms. The van der Waals surface area contributed by atoms with Crippen LogP contribution in [-0.2, 0) is 17.5 Å². The Morgan fingerprint density at radius 1 is 1.32 bits per heavy atom. The molecular formula is C15H20F3N3O. The van der Waals surface area contributed by atoms with Crippen LogP contribution in [0.15, 0.2) is 24.3 Å². The number of rotatable bonds is 4. The van der Waals surface area contributed by atoms with E-state index in [1.165, 1.54) is 6.07 Å². The van der Waals surface area contributed by atoms with E-state index in [1.54, 1.807) is 22.9 Å². The van der Waals surface area contributed by atoms with Gasteiger partial charge in [-0.15, -0.1) is 0 Å². The molecule has 1 aromatic carbocycles. The zero-order valence-corrected chi connectivity index (χ0v) is 12.5. The Labute approximate surface area is 127 Å². The average molecular weight is 315 g/mol. The van der Waals surface area contributed by atoms with Crippen LogP contribution in [0.4, 0.5) is 13.2 Å². The second-order valence-electron chi connectivity index (χ2n) is 5.50. The van der Waals surface area contributed by atoms with Crippen LogP contribution in [0, 0.1) is 0 Å². The SMILES string of the molecule is CN(CC(=O)N1CCNCC1)Cc1cccc(C(F)(F)F)c1. The Kier molecular flexibility index (Phi) is 5.42. The monoisotopic (exact) mass is 315 g/mol. The highest BCUT2D eigenvalue weighted by Crippen LogP contribution is 2.29. The number of likely N-dealkylation sites (N-methyl/N-ethyl adjacent to an activating group) is 1. The van der Waals surface area contributed by atoms with E-state index in [0.29, 0.717) is 25.2 Å². The van der Waals surface area contributed by atoms with E-state index >= 15 is 0 Å². The van der Waals surface area contributed by atoms with E-state index in [9.17, 15) is 18.0 Å². The lowest BCUT2D eigenvalue weighted by Crippen LogP contribution is -2.49. The first-order valence-corrected chi connectivity index (χ1v) is 7.19. The molecule has 0 unspecified atom stereocenters. The first-order valence-electron chi connectivity index (χ1n) is 7.19. The Balaban J connectivity index is 1.91. The highest BCUT2D eigenvalue weighted by molar-refractivity contribution is 5.78. The van der Waals surface area contributed by atoms with Gasteiger partial charge in [-0.2, -0.15) is 13.2 Å². The fraction of sp³-hybridized carbons (Fsp3) is 0.533. The predicted octanol–water partition coefficient (Wildman–Crippen LogP) is 1.57. The second kappa shape index (κ2) is 7.11. The summed E-state index contributed by atoms with van der Waals surface area (Å²) in [5, 5.41) is 3.17. The lowest BCUT2D eigenvalue weighted by molar-refractivity contribution is -0.137. The minimum Gasteiger partial charge on any atom is -0.339 e. The number of benzene rings is 1. The number of nitrogens with zero attached hydrogens (tertiary/aromatic N) is 2. The molecule has 1 fully saturated rings. The number of carbonyl (C=O) groups excluding carboxylic acids is 1. The molecule has 122 valence electrons. The van der Waals surface area contributed by atoms with Gasteiger partial charge < -0.3 is 10.2 Å². The van der Waals surface area contributed by atoms with Crippen LogP contribution >= 0.6 is 0 Å². The largest absolute Gasteiger partial charge is 0.416 e. The van der Waals surface area contributed by atoms with Crippen LogP contribution in [0.5, 0.6) is 0 Å². The lowest BCUT2D eigenvalue weighted by Gasteiger charge is -2.29. The molecule has 1 aromatic rings. The molecule has 0 saturated carbocycles. The molecule has 0 aromatic heterocycles. The minimum absolute atomic E-state index is 0.0102. The standard InChI is InChI=1S/C15H20F3N3O/c1-20(11-14(22)21-7-5-19-6-8-21)10-12-3-2-4-13(9-12)15(16,17)18/h2-4,9,19H,5-8,10-11H2,1H3. The van der Waals surface area contributed by atoms with E-state index in [1.807, 2.05) is 0 Å². The van der Waals surface area contributed by atoms with Crippen molar-refractivity contribution in [3.8, 4) is 0 Å². The maximum absolute atomic E-state index is 12.7. The highest BCUT2D eigenvalue weighted by atomic mass is 19.4. The number of alkyl halides is 3. The zero-order chi connectivity index (χ0) is 16.2. The van der Waals surface area contributed by atoms with E-state index in [2.05, 4.69) is 5.32 Å². The van der Waals surface area contributed by atoms with Gasteiger partial charge in [0.05, 0.1) is 12.1 Å². The Hall–Kier alpha value is -1.60. The van der Waals surface area contributed by atoms with E-state index < -0.39 is 11.7 Å². The molecule has 0 bridgehead atoms. The molecule has 1 aliphatic heterocycles. The molecule has 1 heterocycles. The quantitative estimate of drug-likeness (QED) is 0.916. The molecule has 0 spiro atoms. The summed E-state index contributed by atoms with van der Waals surface area (Å²) in [7, 11) is 1.74. The molecule has 1 N–H and O–H groups in total. The molecule has 7 heteroatoms. The van der Waals surface area contributed by atoms with Crippen molar-refractivity contribution in [3.63, 3.8) is 0 Å². The van der Waals surface area contributed by atoms with E-state index in [-0.39, 0.29) is 12.5 Å². The van der Waals surface area contributed by atoms with Crippen molar-refractivity contribution in [2.75, 3.05) is 39.8 Å². The van der Waals surface area contributed by atoms with Gasteiger partial charge in [0.15, 0.2) is 0 Å². The molecule has 1 amide bonds. The van der Waals surface area contributed by atoms with Crippen LogP contribution in [0.25, 0.3) is 0 Å². The maximum atomic E-state index is 12.7. The highest BCUT2D eigenvalue weighted by Gasteiger charge is 2.30. The van der Waals surface area contributed by atoms with Gasteiger partial charge in [0.25, 0.3) is 0 Å². The smallest absolute Gasteiger partial charge is 0.339 e. The summed E-state index contributed by atoms with van der Waals surface area (Å²) in [6.07, 6.45) is -4.34. The van der Waals surface area contributed by atoms with Crippen molar-refractivity contribution >= 4 is 5.91 Å². The van der Waals surface area contributed by atoms with Gasteiger partial charge in [0.1, 0.15) is 0 Å². The lowest BCUT2D eigenvalue weighted by atomic mass is 10.1. The Morgan fingerprint density at radius 2 is 2.00 bits per heavy atom. The van der Waals surface area contributed by atoms with Gasteiger partial charge in [-0.05, 0) is 18.7 Å². The number of halogens is 3. The molecule has 2 rings (SSSR count). The van der Waals surface area contributed by atoms with Gasteiger partial charge in [-0.25, -0.2) is 0 Å². The van der Waals surface area contributed by atoms with Crippen molar-refractivity contribution in [2.24, 2.45) is 0 Å². The zero-order valence-electron chi connectivity index (χ0n) is 12.5. The van der Waals surface area contributed by atoms with Gasteiger partial charge in [-0.1, -0.05) is 18.2 Å². The molecule has 1 aliphatic rings. The summed E-state index contributed by atoms with van der Waals surface area (Å²) in [6, 6.07) is 5.21. The third kappa shape index (κ3) is 4.71. The number of hydrogen-bond acceptors (Lipinski definition) is 3. The summed E-state index contributed by atoms with van der Waals surface area (Å²) < 4.78 is 38.0. The fourth-order valence-electron chi connectivity index (χ4n) is 2.46. The predicted molar refractivity (Wildman–Crippen MR) is 77.2 cm³/mol. The van der Waals surface area contributed by atoms with Gasteiger partial charge in [-0.3, -0.25) is 9.69 Å². The summed E-state index contributed by atoms with van der Waals surface area (Å²) in [4.78, 5) is 15.6. The van der Waals surface area contributed by atoms with Crippen molar-refractivity contribution in [1.29, 1.82) is 0 Å². The van der Waals surface area contributed by atoms with Crippen LogP contribution < -0.4 is 5.32 Å². The molecule has 0 atom stereocenters. The Bertz CT molecular complexity index is 513. The third-order valence-corrected chi connectivity index (χ3v) is 3.58. The van der Waals surface area contributed by atoms with Crippen LogP contribution in [0.3, 0.4) is 0 Å². The number of hydrogen-bond donors (Lipinski definition) is 1. The number of carbonyl (C=O) groups is 1. The number of nitrogens with one attached hydrogen (secondary N) is 1. The van der Waals surface area contributed by atoms with Crippen molar-refractivity contribution in [3.05, 3.63) is 35.4 Å². The third-order valence-electron chi connectivity index (χ3n) is 3.58. The first-order chi connectivity index (χ1) is 10.4. The molecule has 4 nitrogen and oxygen atoms in total. The summed E-state index contributed by atoms with van der Waals surface area (Å²) >= 11 is 0. The van der Waals surface area contributed by atoms with Crippen LogP contribution in [0.2, 0.25) is 0 Å². The second-order valence-corrected chi connectivity index (χ2v) is 5.50. The minimum atomic E-state index is -4.34. The first kappa shape index (κ1) is 16.8. The Morgan fingerprint density at radius 3 is 2.64 bits per heavy atom. The van der Waals surface area contributed by atoms with Gasteiger partial charge in [0, 0.05) is 32.7 Å². The molecule has 0 aliphatic carbocycles. The van der Waals surface area contributed by atoms with Crippen molar-refractivity contribution < 1.29 is 18.0 Å². The summed E-state index contributed by atoms with van der Waals surface area (Å²) in [5.41, 5.74) is -0.114. The molecule has 1 saturated heterocycles. The molecular weight excluding hydrogens is 295 g/mol. The molecule has 0 radical (unpaired) electrons. The van der Waals surface area contributed by atoms with Gasteiger partial charge >= 0.3 is 6.18 Å². The summed E-state index contributed by atoms with van der Waals surface area (Å²) in [6.45, 7) is 3.43. The number of amides is 1. The van der Waals surface area contributed by atoms with Crippen molar-refractivity contribution in [2.45, 2.75) is 12.7 Å². The number of piperazine rings is 1. The van der Waals surface area contributed by atoms with Gasteiger partial charge in [0.2, 0.25) is 5.91 Å². The van der Waals surface area contributed by atoms with E-state index in [0.717, 1.165) is 25.2 Å². The van der Waals surface area contributed by atoms with Crippen LogP contribution in [0.1, 0.15) is 11.1 Å². The van der Waals surface area contributed by atoms with Crippen LogP contribution in [-0.4, -0.2) is 55.5 Å².